The summed E-state index contributed by atoms with van der Waals surface area (Å²) < 4.78 is 5.13. The van der Waals surface area contributed by atoms with Gasteiger partial charge in [0.05, 0.1) is 5.56 Å². The third kappa shape index (κ3) is 2.14. The van der Waals surface area contributed by atoms with E-state index >= 15 is 0 Å². The second kappa shape index (κ2) is 4.79. The molecule has 0 fully saturated rings. The summed E-state index contributed by atoms with van der Waals surface area (Å²) in [4.78, 5) is 11.6. The number of fused-ring (bicyclic) bond motifs is 1. The average Bonchev–Trinajstić information content (AvgIpc) is 2.81. The van der Waals surface area contributed by atoms with Gasteiger partial charge in [-0.05, 0) is 12.1 Å². The Kier molecular flexibility index (Phi) is 3.37. The van der Waals surface area contributed by atoms with Crippen molar-refractivity contribution in [2.24, 2.45) is 0 Å². The Morgan fingerprint density at radius 1 is 1.24 bits per heavy atom. The summed E-state index contributed by atoms with van der Waals surface area (Å²) in [7, 11) is 0. The first-order valence-corrected chi connectivity index (χ1v) is 4.56. The Balaban J connectivity index is 0.00000108. The van der Waals surface area contributed by atoms with Crippen LogP contribution in [0.2, 0.25) is 0 Å². The summed E-state index contributed by atoms with van der Waals surface area (Å²) in [5.41, 5.74) is 0.306. The van der Waals surface area contributed by atoms with E-state index in [-0.39, 0.29) is 40.9 Å². The maximum absolute atomic E-state index is 11.6. The van der Waals surface area contributed by atoms with Gasteiger partial charge in [-0.25, -0.2) is 4.79 Å². The molecule has 2 heterocycles. The van der Waals surface area contributed by atoms with Crippen LogP contribution in [0.3, 0.4) is 0 Å². The Morgan fingerprint density at radius 3 is 2.82 bits per heavy atom. The summed E-state index contributed by atoms with van der Waals surface area (Å²) >= 11 is 0. The van der Waals surface area contributed by atoms with Gasteiger partial charge in [-0.3, -0.25) is 10.3 Å². The number of benzene rings is 1. The van der Waals surface area contributed by atoms with Crippen LogP contribution in [-0.2, 0) is 0 Å². The van der Waals surface area contributed by atoms with Crippen molar-refractivity contribution in [3.05, 3.63) is 40.8 Å². The van der Waals surface area contributed by atoms with Crippen molar-refractivity contribution in [2.45, 2.75) is 0 Å². The Hall–Kier alpha value is -1.50. The molecule has 0 N–H and O–H groups in total. The van der Waals surface area contributed by atoms with E-state index in [1.54, 1.807) is 18.2 Å². The molecule has 1 aromatic carbocycles. The fraction of sp³-hybridized carbons (Fsp3) is 0. The third-order valence-electron chi connectivity index (χ3n) is 2.20. The minimum absolute atomic E-state index is 0. The number of para-hydroxylation sites is 1. The van der Waals surface area contributed by atoms with Gasteiger partial charge in [0.25, 0.3) is 0 Å². The molecular formula is C10H5N4NaO2. The second-order valence-corrected chi connectivity index (χ2v) is 3.19. The number of rotatable bonds is 1. The number of aromatic nitrogens is 4. The molecule has 0 atom stereocenters. The molecule has 3 aromatic rings. The maximum Gasteiger partial charge on any atom is 1.00 e. The van der Waals surface area contributed by atoms with Gasteiger partial charge in [0, 0.05) is 11.2 Å². The zero-order chi connectivity index (χ0) is 11.0. The van der Waals surface area contributed by atoms with E-state index < -0.39 is 5.63 Å². The van der Waals surface area contributed by atoms with Crippen molar-refractivity contribution in [1.29, 1.82) is 0 Å². The van der Waals surface area contributed by atoms with Gasteiger partial charge in [0.15, 0.2) is 0 Å². The molecule has 7 heteroatoms. The third-order valence-corrected chi connectivity index (χ3v) is 2.20. The first-order valence-electron chi connectivity index (χ1n) is 4.56. The van der Waals surface area contributed by atoms with Crippen molar-refractivity contribution in [3.8, 4) is 11.4 Å². The van der Waals surface area contributed by atoms with E-state index in [0.29, 0.717) is 5.58 Å². The van der Waals surface area contributed by atoms with Crippen LogP contribution in [0.1, 0.15) is 0 Å². The molecule has 0 spiro atoms. The van der Waals surface area contributed by atoms with Gasteiger partial charge in [0.1, 0.15) is 5.58 Å². The smallest absolute Gasteiger partial charge is 0.422 e. The van der Waals surface area contributed by atoms with E-state index in [1.165, 1.54) is 0 Å². The van der Waals surface area contributed by atoms with Crippen molar-refractivity contribution >= 4 is 11.0 Å². The minimum Gasteiger partial charge on any atom is -0.422 e. The van der Waals surface area contributed by atoms with E-state index in [0.717, 1.165) is 5.39 Å². The molecular weight excluding hydrogens is 231 g/mol. The summed E-state index contributed by atoms with van der Waals surface area (Å²) in [6.07, 6.45) is 0. The molecule has 0 amide bonds. The normalized spacial score (nSPS) is 10.1. The van der Waals surface area contributed by atoms with Crippen molar-refractivity contribution < 1.29 is 34.0 Å². The molecule has 0 aliphatic heterocycles. The van der Waals surface area contributed by atoms with Gasteiger partial charge in [-0.15, -0.1) is 0 Å². The summed E-state index contributed by atoms with van der Waals surface area (Å²) in [6, 6.07) is 8.88. The Labute approximate surface area is 117 Å². The molecule has 0 bridgehead atoms. The number of hydrogen-bond donors (Lipinski definition) is 0. The Bertz CT molecular complexity index is 693. The topological polar surface area (TPSA) is 83.0 Å². The van der Waals surface area contributed by atoms with E-state index in [9.17, 15) is 4.79 Å². The SMILES string of the molecule is O=c1oc2ccccc2cc1-c1nnn[n-]1.[Na+]. The molecule has 0 aliphatic carbocycles. The molecule has 0 radical (unpaired) electrons. The zero-order valence-corrected chi connectivity index (χ0v) is 11.0. The van der Waals surface area contributed by atoms with Crippen LogP contribution in [0.5, 0.6) is 0 Å². The van der Waals surface area contributed by atoms with Crippen LogP contribution >= 0.6 is 0 Å². The Morgan fingerprint density at radius 2 is 2.06 bits per heavy atom. The van der Waals surface area contributed by atoms with Crippen molar-refractivity contribution in [2.75, 3.05) is 0 Å². The van der Waals surface area contributed by atoms with Gasteiger partial charge in [-0.1, -0.05) is 18.2 Å². The number of nitrogens with zero attached hydrogens (tertiary/aromatic N) is 4. The first kappa shape index (κ1) is 12.0. The predicted molar refractivity (Wildman–Crippen MR) is 54.6 cm³/mol. The number of hydrogen-bond acceptors (Lipinski definition) is 5. The van der Waals surface area contributed by atoms with Gasteiger partial charge >= 0.3 is 35.2 Å². The fourth-order valence-electron chi connectivity index (χ4n) is 1.47. The van der Waals surface area contributed by atoms with Crippen molar-refractivity contribution in [1.82, 2.24) is 20.6 Å². The van der Waals surface area contributed by atoms with Crippen LogP contribution in [0, 0.1) is 0 Å². The van der Waals surface area contributed by atoms with Gasteiger partial charge in [0.2, 0.25) is 0 Å². The van der Waals surface area contributed by atoms with Crippen LogP contribution in [0.25, 0.3) is 22.4 Å². The molecule has 0 aliphatic rings. The monoisotopic (exact) mass is 236 g/mol. The molecule has 78 valence electrons. The second-order valence-electron chi connectivity index (χ2n) is 3.19. The van der Waals surface area contributed by atoms with Gasteiger partial charge in [-0.2, -0.15) is 5.21 Å². The summed E-state index contributed by atoms with van der Waals surface area (Å²) in [6.45, 7) is 0. The standard InChI is InChI=1S/C10H5N4O2.Na/c15-10-7(9-11-13-14-12-9)5-6-3-1-2-4-8(6)16-10;/h1-5H;/q-1;+1. The predicted octanol–water partition coefficient (Wildman–Crippen LogP) is -2.39. The molecule has 3 rings (SSSR count). The average molecular weight is 236 g/mol. The van der Waals surface area contributed by atoms with E-state index in [2.05, 4.69) is 20.6 Å². The largest absolute Gasteiger partial charge is 1.00 e. The van der Waals surface area contributed by atoms with Crippen LogP contribution < -0.4 is 40.3 Å². The molecule has 17 heavy (non-hydrogen) atoms. The van der Waals surface area contributed by atoms with Gasteiger partial charge < -0.3 is 9.52 Å². The quantitative estimate of drug-likeness (QED) is 0.346. The molecule has 2 aromatic heterocycles. The first-order chi connectivity index (χ1) is 7.84. The van der Waals surface area contributed by atoms with Crippen LogP contribution in [0.15, 0.2) is 39.5 Å². The number of tetrazole rings is 1. The fourth-order valence-corrected chi connectivity index (χ4v) is 1.47. The summed E-state index contributed by atoms with van der Waals surface area (Å²) in [5, 5.41) is 14.7. The maximum atomic E-state index is 11.6. The molecule has 6 nitrogen and oxygen atoms in total. The van der Waals surface area contributed by atoms with Crippen LogP contribution in [-0.4, -0.2) is 15.5 Å². The van der Waals surface area contributed by atoms with Crippen molar-refractivity contribution in [3.63, 3.8) is 0 Å². The van der Waals surface area contributed by atoms with Crippen LogP contribution in [0.4, 0.5) is 0 Å². The van der Waals surface area contributed by atoms with E-state index in [4.69, 9.17) is 4.42 Å². The zero-order valence-electron chi connectivity index (χ0n) is 8.99. The molecule has 0 unspecified atom stereocenters. The molecule has 0 saturated heterocycles. The minimum atomic E-state index is -0.492. The molecule has 0 saturated carbocycles. The van der Waals surface area contributed by atoms with E-state index in [1.807, 2.05) is 12.1 Å². The summed E-state index contributed by atoms with van der Waals surface area (Å²) in [5.74, 6) is 0.180.